The van der Waals surface area contributed by atoms with Crippen LogP contribution in [0.2, 0.25) is 0 Å². The van der Waals surface area contributed by atoms with Gasteiger partial charge in [0.05, 0.1) is 16.6 Å². The molecular formula is C23H25N3O3. The molecule has 29 heavy (non-hydrogen) atoms. The zero-order chi connectivity index (χ0) is 20.1. The van der Waals surface area contributed by atoms with E-state index >= 15 is 0 Å². The standard InChI is InChI=1S/C23H25N3O3/c27-21(24-18-10-6-1-2-7-11-18)15-29-23(28)17-12-13-19-20(14-17)26-22(25-19)16-8-4-3-5-9-16/h3-5,8-9,12-14,18H,1-2,6-7,10-11,15H2,(H,24,27)(H,25,26). The van der Waals surface area contributed by atoms with Gasteiger partial charge in [-0.25, -0.2) is 9.78 Å². The lowest BCUT2D eigenvalue weighted by atomic mass is 10.1. The van der Waals surface area contributed by atoms with Gasteiger partial charge in [-0.1, -0.05) is 56.0 Å². The molecule has 0 saturated heterocycles. The summed E-state index contributed by atoms with van der Waals surface area (Å²) >= 11 is 0. The van der Waals surface area contributed by atoms with Gasteiger partial charge in [-0.15, -0.1) is 0 Å². The van der Waals surface area contributed by atoms with Gasteiger partial charge in [0, 0.05) is 11.6 Å². The molecule has 1 saturated carbocycles. The van der Waals surface area contributed by atoms with Crippen molar-refractivity contribution in [1.82, 2.24) is 15.3 Å². The minimum Gasteiger partial charge on any atom is -0.452 e. The summed E-state index contributed by atoms with van der Waals surface area (Å²) in [6.45, 7) is -0.258. The first-order valence-electron chi connectivity index (χ1n) is 10.2. The molecule has 6 heteroatoms. The van der Waals surface area contributed by atoms with Gasteiger partial charge in [-0.05, 0) is 31.0 Å². The number of carbonyl (C=O) groups is 2. The van der Waals surface area contributed by atoms with E-state index in [2.05, 4.69) is 15.3 Å². The van der Waals surface area contributed by atoms with Gasteiger partial charge < -0.3 is 15.0 Å². The second kappa shape index (κ2) is 8.90. The number of amides is 1. The molecule has 2 N–H and O–H groups in total. The number of nitrogens with zero attached hydrogens (tertiary/aromatic N) is 1. The Morgan fingerprint density at radius 2 is 1.79 bits per heavy atom. The third-order valence-electron chi connectivity index (χ3n) is 5.32. The van der Waals surface area contributed by atoms with E-state index in [1.807, 2.05) is 30.3 Å². The first-order chi connectivity index (χ1) is 14.2. The molecule has 0 spiro atoms. The van der Waals surface area contributed by atoms with Gasteiger partial charge in [0.1, 0.15) is 5.82 Å². The Hall–Kier alpha value is -3.15. The quantitative estimate of drug-likeness (QED) is 0.504. The summed E-state index contributed by atoms with van der Waals surface area (Å²) in [6.07, 6.45) is 6.73. The normalized spacial score (nSPS) is 15.0. The number of ether oxygens (including phenoxy) is 1. The molecule has 0 atom stereocenters. The van der Waals surface area contributed by atoms with Crippen LogP contribution in [0, 0.1) is 0 Å². The van der Waals surface area contributed by atoms with Crippen LogP contribution in [0.25, 0.3) is 22.4 Å². The average molecular weight is 391 g/mol. The summed E-state index contributed by atoms with van der Waals surface area (Å²) in [5, 5.41) is 2.98. The highest BCUT2D eigenvalue weighted by molar-refractivity contribution is 5.95. The predicted molar refractivity (Wildman–Crippen MR) is 111 cm³/mol. The maximum Gasteiger partial charge on any atom is 0.338 e. The third-order valence-corrected chi connectivity index (χ3v) is 5.32. The lowest BCUT2D eigenvalue weighted by Crippen LogP contribution is -2.37. The van der Waals surface area contributed by atoms with E-state index in [1.165, 1.54) is 12.8 Å². The van der Waals surface area contributed by atoms with E-state index < -0.39 is 5.97 Å². The molecule has 1 aliphatic rings. The van der Waals surface area contributed by atoms with Gasteiger partial charge in [-0.2, -0.15) is 0 Å². The number of esters is 1. The van der Waals surface area contributed by atoms with Crippen molar-refractivity contribution in [2.45, 2.75) is 44.6 Å². The molecule has 0 aliphatic heterocycles. The minimum atomic E-state index is -0.515. The van der Waals surface area contributed by atoms with E-state index in [-0.39, 0.29) is 18.6 Å². The van der Waals surface area contributed by atoms with E-state index in [4.69, 9.17) is 4.74 Å². The highest BCUT2D eigenvalue weighted by Gasteiger charge is 2.17. The van der Waals surface area contributed by atoms with Crippen LogP contribution in [0.1, 0.15) is 48.9 Å². The number of aromatic nitrogens is 2. The molecule has 150 valence electrons. The van der Waals surface area contributed by atoms with Crippen LogP contribution in [-0.4, -0.2) is 34.5 Å². The molecule has 0 radical (unpaired) electrons. The summed E-state index contributed by atoms with van der Waals surface area (Å²) in [7, 11) is 0. The molecule has 1 amide bonds. The second-order valence-electron chi connectivity index (χ2n) is 7.52. The van der Waals surface area contributed by atoms with Crippen LogP contribution in [0.3, 0.4) is 0 Å². The molecule has 0 bridgehead atoms. The van der Waals surface area contributed by atoms with E-state index in [9.17, 15) is 9.59 Å². The fourth-order valence-electron chi connectivity index (χ4n) is 3.78. The number of nitrogens with one attached hydrogen (secondary N) is 2. The molecule has 1 heterocycles. The maximum absolute atomic E-state index is 12.4. The molecule has 3 aromatic rings. The van der Waals surface area contributed by atoms with Gasteiger partial charge in [-0.3, -0.25) is 4.79 Å². The zero-order valence-electron chi connectivity index (χ0n) is 16.3. The van der Waals surface area contributed by atoms with E-state index in [1.54, 1.807) is 18.2 Å². The van der Waals surface area contributed by atoms with Crippen LogP contribution in [0.15, 0.2) is 48.5 Å². The number of carbonyl (C=O) groups excluding carboxylic acids is 2. The lowest BCUT2D eigenvalue weighted by molar-refractivity contribution is -0.125. The Balaban J connectivity index is 1.37. The topological polar surface area (TPSA) is 84.1 Å². The highest BCUT2D eigenvalue weighted by Crippen LogP contribution is 2.21. The molecule has 1 aliphatic carbocycles. The summed E-state index contributed by atoms with van der Waals surface area (Å²) in [5.41, 5.74) is 2.89. The van der Waals surface area contributed by atoms with Crippen molar-refractivity contribution < 1.29 is 14.3 Å². The molecular weight excluding hydrogens is 366 g/mol. The summed E-state index contributed by atoms with van der Waals surface area (Å²) < 4.78 is 5.22. The summed E-state index contributed by atoms with van der Waals surface area (Å²) in [6, 6.07) is 15.1. The number of aromatic amines is 1. The Morgan fingerprint density at radius 3 is 2.55 bits per heavy atom. The van der Waals surface area contributed by atoms with E-state index in [0.717, 1.165) is 48.1 Å². The van der Waals surface area contributed by atoms with Crippen molar-refractivity contribution in [1.29, 1.82) is 0 Å². The van der Waals surface area contributed by atoms with Crippen LogP contribution >= 0.6 is 0 Å². The largest absolute Gasteiger partial charge is 0.452 e. The van der Waals surface area contributed by atoms with Crippen LogP contribution in [0.5, 0.6) is 0 Å². The molecule has 1 aromatic heterocycles. The third kappa shape index (κ3) is 4.83. The van der Waals surface area contributed by atoms with Crippen LogP contribution in [0.4, 0.5) is 0 Å². The second-order valence-corrected chi connectivity index (χ2v) is 7.52. The van der Waals surface area contributed by atoms with Crippen molar-refractivity contribution in [3.8, 4) is 11.4 Å². The molecule has 4 rings (SSSR count). The van der Waals surface area contributed by atoms with Crippen molar-refractivity contribution in [2.24, 2.45) is 0 Å². The van der Waals surface area contributed by atoms with E-state index in [0.29, 0.717) is 5.56 Å². The molecule has 6 nitrogen and oxygen atoms in total. The average Bonchev–Trinajstić information content (AvgIpc) is 3.01. The summed E-state index contributed by atoms with van der Waals surface area (Å²) in [4.78, 5) is 32.3. The van der Waals surface area contributed by atoms with Crippen molar-refractivity contribution in [3.63, 3.8) is 0 Å². The lowest BCUT2D eigenvalue weighted by Gasteiger charge is -2.16. The first-order valence-corrected chi connectivity index (χ1v) is 10.2. The Morgan fingerprint density at radius 1 is 1.03 bits per heavy atom. The smallest absolute Gasteiger partial charge is 0.338 e. The molecule has 0 unspecified atom stereocenters. The van der Waals surface area contributed by atoms with Crippen LogP contribution < -0.4 is 5.32 Å². The van der Waals surface area contributed by atoms with Gasteiger partial charge in [0.25, 0.3) is 5.91 Å². The summed E-state index contributed by atoms with van der Waals surface area (Å²) in [5.74, 6) is -0.00750. The number of H-pyrrole nitrogens is 1. The van der Waals surface area contributed by atoms with Gasteiger partial charge >= 0.3 is 5.97 Å². The SMILES string of the molecule is O=C(COC(=O)c1ccc2nc(-c3ccccc3)[nH]c2c1)NC1CCCCCC1. The number of benzene rings is 2. The molecule has 2 aromatic carbocycles. The Kier molecular flexibility index (Phi) is 5.89. The number of imidazole rings is 1. The monoisotopic (exact) mass is 391 g/mol. The maximum atomic E-state index is 12.4. The number of hydrogen-bond acceptors (Lipinski definition) is 4. The predicted octanol–water partition coefficient (Wildman–Crippen LogP) is 4.23. The fraction of sp³-hybridized carbons (Fsp3) is 0.348. The number of fused-ring (bicyclic) bond motifs is 1. The van der Waals surface area contributed by atoms with Crippen molar-refractivity contribution in [2.75, 3.05) is 6.61 Å². The van der Waals surface area contributed by atoms with Gasteiger partial charge in [0.2, 0.25) is 0 Å². The molecule has 1 fully saturated rings. The highest BCUT2D eigenvalue weighted by atomic mass is 16.5. The van der Waals surface area contributed by atoms with Crippen LogP contribution in [-0.2, 0) is 9.53 Å². The fourth-order valence-corrected chi connectivity index (χ4v) is 3.78. The van der Waals surface area contributed by atoms with Gasteiger partial charge in [0.15, 0.2) is 6.61 Å². The Labute approximate surface area is 169 Å². The first kappa shape index (κ1) is 19.2. The number of hydrogen-bond donors (Lipinski definition) is 2. The van der Waals surface area contributed by atoms with Crippen molar-refractivity contribution >= 4 is 22.9 Å². The zero-order valence-corrected chi connectivity index (χ0v) is 16.3. The Bertz CT molecular complexity index is 989. The number of rotatable bonds is 5. The van der Waals surface area contributed by atoms with Crippen molar-refractivity contribution in [3.05, 3.63) is 54.1 Å². The minimum absolute atomic E-state index is 0.196.